The predicted octanol–water partition coefficient (Wildman–Crippen LogP) is 2.45. The summed E-state index contributed by atoms with van der Waals surface area (Å²) in [5, 5.41) is 0. The molecule has 0 atom stereocenters. The van der Waals surface area contributed by atoms with E-state index < -0.39 is 10.8 Å². The summed E-state index contributed by atoms with van der Waals surface area (Å²) in [4.78, 5) is 23.0. The van der Waals surface area contributed by atoms with Crippen molar-refractivity contribution in [2.45, 2.75) is 48.0 Å². The van der Waals surface area contributed by atoms with Gasteiger partial charge in [0, 0.05) is 10.8 Å². The number of hydrogen-bond donors (Lipinski definition) is 0. The molecule has 0 aromatic carbocycles. The molecule has 0 saturated carbocycles. The molecular weight excluding hydrogens is 252 g/mol. The van der Waals surface area contributed by atoms with Crippen molar-refractivity contribution in [3.63, 3.8) is 0 Å². The Morgan fingerprint density at radius 1 is 0.857 bits per heavy atom. The molecule has 0 heterocycles. The van der Waals surface area contributed by atoms with Crippen LogP contribution in [-0.4, -0.2) is 57.0 Å². The molecule has 0 amide bonds. The summed E-state index contributed by atoms with van der Waals surface area (Å²) in [6.07, 6.45) is 0.0625. The maximum Gasteiger partial charge on any atom is 2.00 e. The summed E-state index contributed by atoms with van der Waals surface area (Å²) in [5.74, 6) is 0.0415. The van der Waals surface area contributed by atoms with Gasteiger partial charge in [-0.25, -0.2) is 0 Å². The summed E-state index contributed by atoms with van der Waals surface area (Å²) in [6.45, 7) is 11.0. The maximum atomic E-state index is 11.5. The minimum absolute atomic E-state index is 0. The fraction of sp³-hybridized carbons (Fsp3) is 0.818. The topological polar surface area (TPSA) is 34.1 Å². The van der Waals surface area contributed by atoms with Crippen LogP contribution in [0.25, 0.3) is 0 Å². The molecule has 0 aliphatic rings. The van der Waals surface area contributed by atoms with Crippen LogP contribution in [0.4, 0.5) is 0 Å². The molecule has 0 aliphatic carbocycles. The largest absolute Gasteiger partial charge is 2.00 e. The second-order valence-corrected chi connectivity index (χ2v) is 5.52. The molecule has 2 nitrogen and oxygen atoms in total. The van der Waals surface area contributed by atoms with Crippen LogP contribution in [0.1, 0.15) is 50.8 Å². The number of carbonyl (C=O) groups is 2. The first-order valence-electron chi connectivity index (χ1n) is 4.62. The Hall–Kier alpha value is 0.821. The van der Waals surface area contributed by atoms with E-state index in [1.807, 2.05) is 41.5 Å². The van der Waals surface area contributed by atoms with Gasteiger partial charge in [0.1, 0.15) is 11.6 Å². The van der Waals surface area contributed by atoms with Gasteiger partial charge in [0.15, 0.2) is 0 Å². The molecule has 0 fully saturated rings. The monoisotopic (exact) mass is 274 g/mol. The van der Waals surface area contributed by atoms with Crippen LogP contribution in [0.3, 0.4) is 0 Å². The molecule has 0 aliphatic heterocycles. The fourth-order valence-corrected chi connectivity index (χ4v) is 0.676. The van der Waals surface area contributed by atoms with Crippen molar-refractivity contribution in [3.05, 3.63) is 0 Å². The summed E-state index contributed by atoms with van der Waals surface area (Å²) < 4.78 is 0. The van der Waals surface area contributed by atoms with Crippen molar-refractivity contribution in [2.24, 2.45) is 10.8 Å². The number of ketones is 2. The number of rotatable bonds is 2. The van der Waals surface area contributed by atoms with Crippen LogP contribution < -0.4 is 0 Å². The first-order valence-corrected chi connectivity index (χ1v) is 4.62. The van der Waals surface area contributed by atoms with Gasteiger partial charge >= 0.3 is 45.5 Å². The smallest absolute Gasteiger partial charge is 1.00 e. The van der Waals surface area contributed by atoms with E-state index in [0.29, 0.717) is 0 Å². The van der Waals surface area contributed by atoms with Crippen molar-refractivity contribution in [1.29, 1.82) is 0 Å². The Morgan fingerprint density at radius 2 is 1.07 bits per heavy atom. The van der Waals surface area contributed by atoms with E-state index in [2.05, 4.69) is 0 Å². The quantitative estimate of drug-likeness (QED) is 0.572. The fourth-order valence-electron chi connectivity index (χ4n) is 0.676. The predicted molar refractivity (Wildman–Crippen MR) is 61.5 cm³/mol. The third-order valence-corrected chi connectivity index (χ3v) is 1.99. The molecule has 80 valence electrons. The second-order valence-electron chi connectivity index (χ2n) is 5.52. The van der Waals surface area contributed by atoms with Crippen LogP contribution in [-0.2, 0) is 9.59 Å². The van der Waals surface area contributed by atoms with Crippen LogP contribution in [0.5, 0.6) is 0 Å². The molecule has 0 aromatic heterocycles. The molecule has 0 radical (unpaired) electrons. The minimum atomic E-state index is -0.402. The molecule has 3 heteroatoms. The molecule has 0 N–H and O–H groups in total. The molecule has 14 heavy (non-hydrogen) atoms. The second kappa shape index (κ2) is 5.78. The minimum Gasteiger partial charge on any atom is -1.00 e. The number of carbonyl (C=O) groups excluding carboxylic acids is 2. The van der Waals surface area contributed by atoms with Gasteiger partial charge < -0.3 is 2.85 Å². The SMILES string of the molecule is CC(C)(C)C(=O)CC(=O)C(C)(C)C.[H-].[H-].[Sr+2]. The third kappa shape index (κ3) is 6.33. The number of hydrogen-bond acceptors (Lipinski definition) is 2. The molecule has 0 saturated heterocycles. The van der Waals surface area contributed by atoms with E-state index in [1.54, 1.807) is 0 Å². The Labute approximate surface area is 127 Å². The Bertz CT molecular complexity index is 203. The standard InChI is InChI=1S/C11H20O2.Sr.2H/c1-10(2,3)8(12)7-9(13)11(4,5)6;;;/h7H2,1-6H3;;;/q;+2;2*-1. The molecule has 0 unspecified atom stereocenters. The van der Waals surface area contributed by atoms with Gasteiger partial charge in [-0.2, -0.15) is 0 Å². The van der Waals surface area contributed by atoms with Gasteiger partial charge in [-0.05, 0) is 0 Å². The van der Waals surface area contributed by atoms with Crippen molar-refractivity contribution >= 4 is 57.0 Å². The van der Waals surface area contributed by atoms with Gasteiger partial charge in [0.05, 0.1) is 6.42 Å². The van der Waals surface area contributed by atoms with Gasteiger partial charge in [-0.15, -0.1) is 0 Å². The zero-order valence-corrected chi connectivity index (χ0v) is 13.7. The summed E-state index contributed by atoms with van der Waals surface area (Å²) in [5.41, 5.74) is -0.804. The summed E-state index contributed by atoms with van der Waals surface area (Å²) in [6, 6.07) is 0. The third-order valence-electron chi connectivity index (χ3n) is 1.99. The van der Waals surface area contributed by atoms with Gasteiger partial charge in [0.2, 0.25) is 0 Å². The van der Waals surface area contributed by atoms with Gasteiger partial charge in [-0.1, -0.05) is 41.5 Å². The molecular formula is C11H22O2Sr. The van der Waals surface area contributed by atoms with Crippen LogP contribution in [0.15, 0.2) is 0 Å². The Kier molecular flexibility index (Phi) is 7.11. The van der Waals surface area contributed by atoms with Crippen LogP contribution in [0, 0.1) is 10.8 Å². The first-order chi connectivity index (χ1) is 5.55. The van der Waals surface area contributed by atoms with E-state index in [4.69, 9.17) is 0 Å². The normalized spacial score (nSPS) is 11.9. The summed E-state index contributed by atoms with van der Waals surface area (Å²) >= 11 is 0. The van der Waals surface area contributed by atoms with Crippen molar-refractivity contribution in [1.82, 2.24) is 0 Å². The van der Waals surface area contributed by atoms with E-state index in [9.17, 15) is 9.59 Å². The molecule has 0 spiro atoms. The number of Topliss-reactive ketones (excluding diaryl/α,β-unsaturated/α-hetero) is 2. The van der Waals surface area contributed by atoms with Crippen molar-refractivity contribution in [3.8, 4) is 0 Å². The van der Waals surface area contributed by atoms with E-state index in [-0.39, 0.29) is 66.3 Å². The average molecular weight is 274 g/mol. The molecule has 0 aromatic rings. The first kappa shape index (κ1) is 17.2. The van der Waals surface area contributed by atoms with E-state index in [1.165, 1.54) is 0 Å². The zero-order valence-electron chi connectivity index (χ0n) is 12.2. The molecule has 0 rings (SSSR count). The van der Waals surface area contributed by atoms with Crippen LogP contribution >= 0.6 is 0 Å². The van der Waals surface area contributed by atoms with Crippen molar-refractivity contribution < 1.29 is 12.4 Å². The summed E-state index contributed by atoms with van der Waals surface area (Å²) in [7, 11) is 0. The van der Waals surface area contributed by atoms with Gasteiger partial charge in [-0.3, -0.25) is 9.59 Å². The maximum absolute atomic E-state index is 11.5. The van der Waals surface area contributed by atoms with E-state index in [0.717, 1.165) is 0 Å². The Balaban J connectivity index is -0.000000240. The molecule has 0 bridgehead atoms. The zero-order chi connectivity index (χ0) is 10.9. The van der Waals surface area contributed by atoms with Crippen molar-refractivity contribution in [2.75, 3.05) is 0 Å². The Morgan fingerprint density at radius 3 is 1.21 bits per heavy atom. The average Bonchev–Trinajstić information content (AvgIpc) is 1.82. The van der Waals surface area contributed by atoms with E-state index >= 15 is 0 Å². The van der Waals surface area contributed by atoms with Crippen LogP contribution in [0.2, 0.25) is 0 Å². The van der Waals surface area contributed by atoms with Gasteiger partial charge in [0.25, 0.3) is 0 Å².